The number of ether oxygens (including phenoxy) is 1. The van der Waals surface area contributed by atoms with Gasteiger partial charge < -0.3 is 14.5 Å². The molecule has 6 rings (SSSR count). The number of nitrogens with zero attached hydrogens (tertiary/aromatic N) is 2. The number of amides is 1. The zero-order valence-electron chi connectivity index (χ0n) is 16.6. The predicted molar refractivity (Wildman–Crippen MR) is 111 cm³/mol. The van der Waals surface area contributed by atoms with Crippen LogP contribution in [0.2, 0.25) is 0 Å². The molecule has 0 aliphatic heterocycles. The van der Waals surface area contributed by atoms with Crippen LogP contribution in [0.4, 0.5) is 0 Å². The van der Waals surface area contributed by atoms with Gasteiger partial charge in [-0.1, -0.05) is 29.8 Å². The molecule has 2 saturated carbocycles. The normalized spacial score (nSPS) is 23.0. The second-order valence-corrected chi connectivity index (χ2v) is 8.64. The maximum Gasteiger partial charge on any atom is 0.273 e. The van der Waals surface area contributed by atoms with Crippen molar-refractivity contribution in [3.8, 4) is 5.75 Å². The Morgan fingerprint density at radius 1 is 1.23 bits per heavy atom. The Labute approximate surface area is 174 Å². The van der Waals surface area contributed by atoms with Crippen molar-refractivity contribution >= 4 is 16.8 Å². The van der Waals surface area contributed by atoms with Crippen molar-refractivity contribution in [1.29, 1.82) is 0 Å². The maximum absolute atomic E-state index is 12.5. The molecule has 1 amide bonds. The van der Waals surface area contributed by atoms with Gasteiger partial charge in [-0.15, -0.1) is 0 Å². The molecule has 0 radical (unpaired) electrons. The van der Waals surface area contributed by atoms with Crippen LogP contribution in [0.5, 0.6) is 5.75 Å². The minimum Gasteiger partial charge on any atom is -0.482 e. The number of hydrogen-bond acceptors (Lipinski definition) is 5. The van der Waals surface area contributed by atoms with Crippen LogP contribution in [0, 0.1) is 17.3 Å². The fourth-order valence-corrected chi connectivity index (χ4v) is 5.49. The number of rotatable bonds is 6. The minimum atomic E-state index is -0.203. The Morgan fingerprint density at radius 3 is 3.00 bits per heavy atom. The smallest absolute Gasteiger partial charge is 0.273 e. The minimum absolute atomic E-state index is 0.139. The van der Waals surface area contributed by atoms with E-state index >= 15 is 0 Å². The maximum atomic E-state index is 12.5. The number of allylic oxidation sites excluding steroid dienone is 1. The summed E-state index contributed by atoms with van der Waals surface area (Å²) in [7, 11) is 0. The summed E-state index contributed by atoms with van der Waals surface area (Å²) in [5.74, 6) is 2.25. The first kappa shape index (κ1) is 17.7. The number of hydrogen-bond donors (Lipinski definition) is 1. The van der Waals surface area contributed by atoms with Crippen molar-refractivity contribution in [3.05, 3.63) is 66.0 Å². The Hall–Kier alpha value is -3.15. The first-order valence-electron chi connectivity index (χ1n) is 10.6. The van der Waals surface area contributed by atoms with Crippen LogP contribution >= 0.6 is 0 Å². The third-order valence-corrected chi connectivity index (χ3v) is 7.07. The standard InChI is InChI=1S/C24H23N3O3/c28-23(26-12-16-11-17-6-7-18(16)24(17)8-9-24)19-13-30-21(27-19)14-29-20-5-1-3-15-4-2-10-25-22(15)20/h1-5,10-11,13,17-18H,6-9,12,14H2,(H,26,28). The molecular weight excluding hydrogens is 378 g/mol. The highest BCUT2D eigenvalue weighted by Gasteiger charge is 2.61. The molecule has 3 aliphatic rings. The van der Waals surface area contributed by atoms with Gasteiger partial charge in [-0.25, -0.2) is 4.98 Å². The third-order valence-electron chi connectivity index (χ3n) is 7.07. The molecule has 2 unspecified atom stereocenters. The first-order chi connectivity index (χ1) is 14.7. The van der Waals surface area contributed by atoms with Crippen LogP contribution in [-0.4, -0.2) is 22.4 Å². The molecule has 2 bridgehead atoms. The summed E-state index contributed by atoms with van der Waals surface area (Å²) in [4.78, 5) is 21.2. The van der Waals surface area contributed by atoms with Gasteiger partial charge in [0.1, 0.15) is 17.5 Å². The molecule has 6 nitrogen and oxygen atoms in total. The molecule has 2 aromatic heterocycles. The van der Waals surface area contributed by atoms with E-state index in [0.29, 0.717) is 29.5 Å². The monoisotopic (exact) mass is 401 g/mol. The quantitative estimate of drug-likeness (QED) is 0.624. The van der Waals surface area contributed by atoms with Gasteiger partial charge in [-0.3, -0.25) is 9.78 Å². The molecular formula is C24H23N3O3. The van der Waals surface area contributed by atoms with E-state index < -0.39 is 0 Å². The van der Waals surface area contributed by atoms with Crippen molar-refractivity contribution in [1.82, 2.24) is 15.3 Å². The molecule has 1 aromatic carbocycles. The lowest BCUT2D eigenvalue weighted by Gasteiger charge is -2.17. The van der Waals surface area contributed by atoms with Gasteiger partial charge in [0.15, 0.2) is 12.3 Å². The molecule has 0 saturated heterocycles. The summed E-state index contributed by atoms with van der Waals surface area (Å²) in [6.45, 7) is 0.752. The average Bonchev–Trinajstić information content (AvgIpc) is 3.19. The Balaban J connectivity index is 1.08. The predicted octanol–water partition coefficient (Wildman–Crippen LogP) is 4.28. The molecule has 6 heteroatoms. The van der Waals surface area contributed by atoms with E-state index in [9.17, 15) is 4.79 Å². The van der Waals surface area contributed by atoms with Crippen molar-refractivity contribution < 1.29 is 13.9 Å². The van der Waals surface area contributed by atoms with Crippen LogP contribution in [0.15, 0.2) is 58.9 Å². The van der Waals surface area contributed by atoms with Gasteiger partial charge >= 0.3 is 0 Å². The third kappa shape index (κ3) is 2.82. The summed E-state index contributed by atoms with van der Waals surface area (Å²) in [6, 6.07) is 9.65. The van der Waals surface area contributed by atoms with E-state index in [2.05, 4.69) is 21.4 Å². The number of pyridine rings is 1. The summed E-state index contributed by atoms with van der Waals surface area (Å²) < 4.78 is 11.3. The molecule has 2 atom stereocenters. The van der Waals surface area contributed by atoms with Gasteiger partial charge in [0.2, 0.25) is 5.89 Å². The van der Waals surface area contributed by atoms with Crippen molar-refractivity contribution in [3.63, 3.8) is 0 Å². The van der Waals surface area contributed by atoms with Crippen molar-refractivity contribution in [2.75, 3.05) is 6.54 Å². The van der Waals surface area contributed by atoms with Gasteiger partial charge in [-0.05, 0) is 55.1 Å². The molecule has 3 aromatic rings. The van der Waals surface area contributed by atoms with E-state index in [0.717, 1.165) is 16.8 Å². The highest BCUT2D eigenvalue weighted by atomic mass is 16.5. The van der Waals surface area contributed by atoms with E-state index in [1.165, 1.54) is 37.5 Å². The van der Waals surface area contributed by atoms with Gasteiger partial charge in [-0.2, -0.15) is 0 Å². The molecule has 2 heterocycles. The van der Waals surface area contributed by atoms with Crippen molar-refractivity contribution in [2.45, 2.75) is 32.3 Å². The lowest BCUT2D eigenvalue weighted by molar-refractivity contribution is 0.0951. The second-order valence-electron chi connectivity index (χ2n) is 8.64. The number of fused-ring (bicyclic) bond motifs is 1. The molecule has 152 valence electrons. The largest absolute Gasteiger partial charge is 0.482 e. The number of carbonyl (C=O) groups is 1. The highest BCUT2D eigenvalue weighted by Crippen LogP contribution is 2.70. The number of carbonyl (C=O) groups excluding carboxylic acids is 1. The number of aromatic nitrogens is 2. The van der Waals surface area contributed by atoms with Crippen LogP contribution < -0.4 is 10.1 Å². The lowest BCUT2D eigenvalue weighted by atomic mass is 9.90. The Kier molecular flexibility index (Phi) is 3.94. The zero-order valence-corrected chi connectivity index (χ0v) is 16.6. The van der Waals surface area contributed by atoms with Crippen LogP contribution in [-0.2, 0) is 6.61 Å². The molecule has 1 N–H and O–H groups in total. The fourth-order valence-electron chi connectivity index (χ4n) is 5.49. The zero-order chi connectivity index (χ0) is 20.1. The summed E-state index contributed by atoms with van der Waals surface area (Å²) in [5, 5.41) is 4.03. The highest BCUT2D eigenvalue weighted by molar-refractivity contribution is 5.92. The van der Waals surface area contributed by atoms with Crippen molar-refractivity contribution in [2.24, 2.45) is 17.3 Å². The van der Waals surface area contributed by atoms with Gasteiger partial charge in [0, 0.05) is 18.1 Å². The second kappa shape index (κ2) is 6.69. The molecule has 30 heavy (non-hydrogen) atoms. The van der Waals surface area contributed by atoms with Crippen LogP contribution in [0.3, 0.4) is 0 Å². The average molecular weight is 401 g/mol. The van der Waals surface area contributed by atoms with Gasteiger partial charge in [0.25, 0.3) is 5.91 Å². The lowest BCUT2D eigenvalue weighted by Crippen LogP contribution is -2.28. The molecule has 1 spiro atoms. The Bertz CT molecular complexity index is 1160. The summed E-state index contributed by atoms with van der Waals surface area (Å²) >= 11 is 0. The Morgan fingerprint density at radius 2 is 2.13 bits per heavy atom. The van der Waals surface area contributed by atoms with Gasteiger partial charge in [0.05, 0.1) is 0 Å². The first-order valence-corrected chi connectivity index (χ1v) is 10.6. The SMILES string of the molecule is O=C(NCC1=CC2CCC1C21CC1)c1coc(COc2cccc3cccnc23)n1. The van der Waals surface area contributed by atoms with E-state index in [1.807, 2.05) is 30.3 Å². The number of para-hydroxylation sites is 1. The molecule has 2 fully saturated rings. The van der Waals surface area contributed by atoms with E-state index in [4.69, 9.17) is 9.15 Å². The molecule has 3 aliphatic carbocycles. The topological polar surface area (TPSA) is 77.2 Å². The number of oxazole rings is 1. The van der Waals surface area contributed by atoms with Crippen LogP contribution in [0.25, 0.3) is 10.9 Å². The number of nitrogens with one attached hydrogen (secondary N) is 1. The van der Waals surface area contributed by atoms with Crippen LogP contribution in [0.1, 0.15) is 42.1 Å². The summed E-state index contributed by atoms with van der Waals surface area (Å²) in [6.07, 6.45) is 10.9. The number of benzene rings is 1. The summed E-state index contributed by atoms with van der Waals surface area (Å²) in [5.41, 5.74) is 3.05. The fraction of sp³-hybridized carbons (Fsp3) is 0.375. The van der Waals surface area contributed by atoms with E-state index in [-0.39, 0.29) is 18.2 Å². The van der Waals surface area contributed by atoms with E-state index in [1.54, 1.807) is 6.20 Å².